The van der Waals surface area contributed by atoms with Crippen molar-refractivity contribution < 1.29 is 14.7 Å². The lowest BCUT2D eigenvalue weighted by Gasteiger charge is -2.61. The van der Waals surface area contributed by atoms with Crippen molar-refractivity contribution in [2.75, 3.05) is 13.1 Å². The second-order valence-electron chi connectivity index (χ2n) is 8.31. The highest BCUT2D eigenvalue weighted by Crippen LogP contribution is 2.46. The number of hydrogen-bond donors (Lipinski definition) is 1. The monoisotopic (exact) mass is 334 g/mol. The Kier molecular flexibility index (Phi) is 4.31. The molecule has 4 aliphatic rings. The number of carbonyl (C=O) groups excluding carboxylic acids is 2. The summed E-state index contributed by atoms with van der Waals surface area (Å²) < 4.78 is 0. The lowest BCUT2D eigenvalue weighted by Crippen LogP contribution is -2.77. The number of hydrogen-bond acceptors (Lipinski definition) is 3. The van der Waals surface area contributed by atoms with Crippen LogP contribution in [0.2, 0.25) is 0 Å². The summed E-state index contributed by atoms with van der Waals surface area (Å²) in [4.78, 5) is 29.0. The third-order valence-corrected chi connectivity index (χ3v) is 7.03. The molecule has 1 atom stereocenters. The average Bonchev–Trinajstić information content (AvgIpc) is 3.17. The van der Waals surface area contributed by atoms with E-state index in [1.807, 2.05) is 9.80 Å². The van der Waals surface area contributed by atoms with E-state index in [0.717, 1.165) is 64.5 Å². The molecule has 0 bridgehead atoms. The van der Waals surface area contributed by atoms with Crippen molar-refractivity contribution in [1.29, 1.82) is 0 Å². The van der Waals surface area contributed by atoms with Gasteiger partial charge in [-0.25, -0.2) is 0 Å². The highest BCUT2D eigenvalue weighted by atomic mass is 16.3. The first-order valence-corrected chi connectivity index (χ1v) is 9.93. The van der Waals surface area contributed by atoms with Gasteiger partial charge in [0.25, 0.3) is 5.91 Å². The lowest BCUT2D eigenvalue weighted by molar-refractivity contribution is -0.201. The molecule has 2 amide bonds. The molecule has 2 aliphatic heterocycles. The van der Waals surface area contributed by atoms with Crippen LogP contribution in [-0.2, 0) is 9.59 Å². The Hall–Kier alpha value is -1.10. The summed E-state index contributed by atoms with van der Waals surface area (Å²) in [5, 5.41) is 10.3. The summed E-state index contributed by atoms with van der Waals surface area (Å²) in [6, 6.07) is 0.214. The molecule has 2 aliphatic carbocycles. The van der Waals surface area contributed by atoms with Gasteiger partial charge in [0, 0.05) is 25.0 Å². The average molecular weight is 334 g/mol. The third kappa shape index (κ3) is 2.47. The molecule has 2 saturated carbocycles. The van der Waals surface area contributed by atoms with E-state index in [2.05, 4.69) is 0 Å². The summed E-state index contributed by atoms with van der Waals surface area (Å²) in [6.45, 7) is 1.55. The number of carbonyl (C=O) groups is 2. The number of likely N-dealkylation sites (tertiary alicyclic amines) is 2. The van der Waals surface area contributed by atoms with Crippen LogP contribution < -0.4 is 0 Å². The van der Waals surface area contributed by atoms with E-state index in [4.69, 9.17) is 0 Å². The topological polar surface area (TPSA) is 60.9 Å². The molecule has 0 aromatic rings. The van der Waals surface area contributed by atoms with Gasteiger partial charge in [0.05, 0.1) is 5.54 Å². The van der Waals surface area contributed by atoms with Crippen molar-refractivity contribution in [3.05, 3.63) is 0 Å². The first-order valence-electron chi connectivity index (χ1n) is 9.93. The van der Waals surface area contributed by atoms with E-state index in [1.165, 1.54) is 19.3 Å². The maximum absolute atomic E-state index is 12.6. The Balaban J connectivity index is 1.38. The summed E-state index contributed by atoms with van der Waals surface area (Å²) in [6.07, 6.45) is 10.8. The summed E-state index contributed by atoms with van der Waals surface area (Å²) in [7, 11) is 0. The van der Waals surface area contributed by atoms with Gasteiger partial charge in [0.1, 0.15) is 0 Å². The molecule has 5 nitrogen and oxygen atoms in total. The number of β-lactam (4-membered cyclic amide) rings is 1. The van der Waals surface area contributed by atoms with Gasteiger partial charge in [0.2, 0.25) is 5.91 Å². The van der Waals surface area contributed by atoms with Crippen LogP contribution in [-0.4, -0.2) is 57.5 Å². The van der Waals surface area contributed by atoms with Crippen LogP contribution in [0, 0.1) is 5.92 Å². The minimum absolute atomic E-state index is 0.0718. The fourth-order valence-electron chi connectivity index (χ4n) is 5.64. The van der Waals surface area contributed by atoms with E-state index < -0.39 is 6.10 Å². The molecule has 0 aromatic heterocycles. The minimum atomic E-state index is -0.782. The summed E-state index contributed by atoms with van der Waals surface area (Å²) >= 11 is 0. The van der Waals surface area contributed by atoms with Gasteiger partial charge in [0.15, 0.2) is 6.10 Å². The first-order chi connectivity index (χ1) is 11.6. The molecule has 4 fully saturated rings. The molecular weight excluding hydrogens is 304 g/mol. The van der Waals surface area contributed by atoms with E-state index >= 15 is 0 Å². The number of rotatable bonds is 2. The highest BCUT2D eigenvalue weighted by Gasteiger charge is 2.61. The number of piperidine rings is 1. The standard InChI is InChI=1S/C19H30N2O3/c22-16-18(24)21(19(16)10-4-1-5-11-19)15-8-12-20(13-9-15)17(23)14-6-2-3-7-14/h14-16,22H,1-13H2. The Morgan fingerprint density at radius 3 is 2.21 bits per heavy atom. The molecule has 5 heteroatoms. The van der Waals surface area contributed by atoms with Crippen LogP contribution in [0.1, 0.15) is 70.6 Å². The Morgan fingerprint density at radius 1 is 0.958 bits per heavy atom. The fourth-order valence-corrected chi connectivity index (χ4v) is 5.64. The van der Waals surface area contributed by atoms with Crippen LogP contribution in [0.25, 0.3) is 0 Å². The molecule has 4 rings (SSSR count). The van der Waals surface area contributed by atoms with E-state index in [9.17, 15) is 14.7 Å². The van der Waals surface area contributed by atoms with Gasteiger partial charge in [-0.05, 0) is 38.5 Å². The van der Waals surface area contributed by atoms with E-state index in [1.54, 1.807) is 0 Å². The van der Waals surface area contributed by atoms with Gasteiger partial charge in [-0.1, -0.05) is 32.1 Å². The molecular formula is C19H30N2O3. The highest BCUT2D eigenvalue weighted by molar-refractivity contribution is 5.90. The zero-order valence-electron chi connectivity index (χ0n) is 14.6. The van der Waals surface area contributed by atoms with Crippen LogP contribution in [0.5, 0.6) is 0 Å². The minimum Gasteiger partial charge on any atom is -0.381 e. The van der Waals surface area contributed by atoms with Crippen molar-refractivity contribution in [1.82, 2.24) is 9.80 Å². The largest absolute Gasteiger partial charge is 0.381 e. The molecule has 134 valence electrons. The Labute approximate surface area is 144 Å². The maximum atomic E-state index is 12.6. The Morgan fingerprint density at radius 2 is 1.58 bits per heavy atom. The molecule has 1 spiro atoms. The van der Waals surface area contributed by atoms with Gasteiger partial charge in [-0.15, -0.1) is 0 Å². The van der Waals surface area contributed by atoms with Crippen LogP contribution in [0.4, 0.5) is 0 Å². The normalized spacial score (nSPS) is 31.5. The second-order valence-corrected chi connectivity index (χ2v) is 8.31. The van der Waals surface area contributed by atoms with Crippen molar-refractivity contribution in [3.8, 4) is 0 Å². The first kappa shape index (κ1) is 16.4. The summed E-state index contributed by atoms with van der Waals surface area (Å²) in [5.41, 5.74) is -0.280. The molecule has 2 saturated heterocycles. The Bertz CT molecular complexity index is 501. The van der Waals surface area contributed by atoms with Gasteiger partial charge >= 0.3 is 0 Å². The molecule has 1 unspecified atom stereocenters. The predicted molar refractivity (Wildman–Crippen MR) is 90.2 cm³/mol. The van der Waals surface area contributed by atoms with E-state index in [-0.39, 0.29) is 23.4 Å². The molecule has 0 radical (unpaired) electrons. The van der Waals surface area contributed by atoms with Gasteiger partial charge in [-0.2, -0.15) is 0 Å². The van der Waals surface area contributed by atoms with Crippen LogP contribution >= 0.6 is 0 Å². The third-order valence-electron chi connectivity index (χ3n) is 7.03. The second kappa shape index (κ2) is 6.32. The molecule has 0 aromatic carbocycles. The smallest absolute Gasteiger partial charge is 0.254 e. The molecule has 1 N–H and O–H groups in total. The van der Waals surface area contributed by atoms with Crippen molar-refractivity contribution in [3.63, 3.8) is 0 Å². The number of aliphatic hydroxyl groups is 1. The summed E-state index contributed by atoms with van der Waals surface area (Å²) in [5.74, 6) is 0.518. The van der Waals surface area contributed by atoms with Crippen molar-refractivity contribution in [2.45, 2.75) is 88.3 Å². The quantitative estimate of drug-likeness (QED) is 0.787. The molecule has 24 heavy (non-hydrogen) atoms. The maximum Gasteiger partial charge on any atom is 0.254 e. The van der Waals surface area contributed by atoms with Gasteiger partial charge < -0.3 is 14.9 Å². The van der Waals surface area contributed by atoms with E-state index in [0.29, 0.717) is 5.91 Å². The van der Waals surface area contributed by atoms with Crippen molar-refractivity contribution >= 4 is 11.8 Å². The van der Waals surface area contributed by atoms with Crippen LogP contribution in [0.15, 0.2) is 0 Å². The van der Waals surface area contributed by atoms with Gasteiger partial charge in [-0.3, -0.25) is 9.59 Å². The van der Waals surface area contributed by atoms with Crippen LogP contribution in [0.3, 0.4) is 0 Å². The number of amides is 2. The predicted octanol–water partition coefficient (Wildman–Crippen LogP) is 2.07. The fraction of sp³-hybridized carbons (Fsp3) is 0.895. The number of nitrogens with zero attached hydrogens (tertiary/aromatic N) is 2. The number of aliphatic hydroxyl groups excluding tert-OH is 1. The van der Waals surface area contributed by atoms with Crippen molar-refractivity contribution in [2.24, 2.45) is 5.92 Å². The molecule has 2 heterocycles. The zero-order valence-corrected chi connectivity index (χ0v) is 14.6. The SMILES string of the molecule is O=C(C1CCCC1)N1CCC(N2C(=O)C(O)C23CCCCC3)CC1. The zero-order chi connectivity index (χ0) is 16.7. The lowest BCUT2D eigenvalue weighted by atomic mass is 9.68.